The van der Waals surface area contributed by atoms with Crippen molar-refractivity contribution in [2.45, 2.75) is 38.5 Å². The van der Waals surface area contributed by atoms with Crippen LogP contribution < -0.4 is 10.6 Å². The second-order valence-electron chi connectivity index (χ2n) is 4.69. The highest BCUT2D eigenvalue weighted by atomic mass is 32.1. The van der Waals surface area contributed by atoms with Gasteiger partial charge in [0.25, 0.3) is 0 Å². The molecule has 2 heterocycles. The summed E-state index contributed by atoms with van der Waals surface area (Å²) in [5.74, 6) is -1.07. The number of carbonyl (C=O) groups excluding carboxylic acids is 1. The van der Waals surface area contributed by atoms with Crippen LogP contribution in [0.4, 0.5) is 4.79 Å². The number of urea groups is 1. The second kappa shape index (κ2) is 6.19. The van der Waals surface area contributed by atoms with Gasteiger partial charge in [0.1, 0.15) is 5.01 Å². The predicted molar refractivity (Wildman–Crippen MR) is 73.0 cm³/mol. The van der Waals surface area contributed by atoms with Gasteiger partial charge in [-0.05, 0) is 20.3 Å². The standard InChI is InChI=1S/C12H17N3O4S/c1-6(10-14-9(5-20-10)11(16)17)13-12(18)15-8-3-4-19-7(8)2/h5-8H,3-4H2,1-2H3,(H,16,17)(H2,13,15,18). The third kappa shape index (κ3) is 3.45. The van der Waals surface area contributed by atoms with Crippen molar-refractivity contribution in [1.29, 1.82) is 0 Å². The Morgan fingerprint density at radius 2 is 2.35 bits per heavy atom. The van der Waals surface area contributed by atoms with Gasteiger partial charge in [0, 0.05) is 12.0 Å². The predicted octanol–water partition coefficient (Wildman–Crippen LogP) is 1.38. The van der Waals surface area contributed by atoms with E-state index in [1.807, 2.05) is 6.92 Å². The molecule has 20 heavy (non-hydrogen) atoms. The quantitative estimate of drug-likeness (QED) is 0.779. The second-order valence-corrected chi connectivity index (χ2v) is 5.58. The highest BCUT2D eigenvalue weighted by molar-refractivity contribution is 7.09. The summed E-state index contributed by atoms with van der Waals surface area (Å²) in [7, 11) is 0. The van der Waals surface area contributed by atoms with Gasteiger partial charge in [-0.25, -0.2) is 14.6 Å². The van der Waals surface area contributed by atoms with Gasteiger partial charge >= 0.3 is 12.0 Å². The minimum Gasteiger partial charge on any atom is -0.476 e. The Hall–Kier alpha value is -1.67. The number of amides is 2. The van der Waals surface area contributed by atoms with Crippen LogP contribution in [0.5, 0.6) is 0 Å². The molecule has 1 aliphatic heterocycles. The van der Waals surface area contributed by atoms with Gasteiger partial charge in [-0.1, -0.05) is 0 Å². The van der Waals surface area contributed by atoms with E-state index in [1.165, 1.54) is 16.7 Å². The summed E-state index contributed by atoms with van der Waals surface area (Å²) < 4.78 is 5.37. The fraction of sp³-hybridized carbons (Fsp3) is 0.583. The average molecular weight is 299 g/mol. The molecule has 2 rings (SSSR count). The first-order chi connectivity index (χ1) is 9.47. The Morgan fingerprint density at radius 1 is 1.60 bits per heavy atom. The fourth-order valence-corrected chi connectivity index (χ4v) is 2.77. The van der Waals surface area contributed by atoms with E-state index in [1.54, 1.807) is 6.92 Å². The fourth-order valence-electron chi connectivity index (χ4n) is 1.97. The van der Waals surface area contributed by atoms with Crippen molar-refractivity contribution >= 4 is 23.3 Å². The number of nitrogens with zero attached hydrogens (tertiary/aromatic N) is 1. The Labute approximate surface area is 120 Å². The molecule has 1 aromatic rings. The Balaban J connectivity index is 1.88. The molecular weight excluding hydrogens is 282 g/mol. The summed E-state index contributed by atoms with van der Waals surface area (Å²) in [5.41, 5.74) is -0.00290. The molecule has 3 N–H and O–H groups in total. The van der Waals surface area contributed by atoms with Crippen LogP contribution in [0.2, 0.25) is 0 Å². The van der Waals surface area contributed by atoms with Crippen molar-refractivity contribution in [3.63, 3.8) is 0 Å². The average Bonchev–Trinajstić information content (AvgIpc) is 2.99. The lowest BCUT2D eigenvalue weighted by Gasteiger charge is -2.18. The first-order valence-electron chi connectivity index (χ1n) is 6.34. The van der Waals surface area contributed by atoms with Crippen LogP contribution in [-0.2, 0) is 4.74 Å². The number of carboxylic acid groups (broad SMARTS) is 1. The zero-order valence-corrected chi connectivity index (χ0v) is 12.1. The third-order valence-corrected chi connectivity index (χ3v) is 4.18. The molecular formula is C12H17N3O4S. The van der Waals surface area contributed by atoms with Crippen LogP contribution in [0.15, 0.2) is 5.38 Å². The normalized spacial score (nSPS) is 23.3. The van der Waals surface area contributed by atoms with Crippen LogP contribution in [0.1, 0.15) is 41.8 Å². The van der Waals surface area contributed by atoms with Gasteiger partial charge in [0.2, 0.25) is 0 Å². The van der Waals surface area contributed by atoms with Crippen LogP contribution in [0.25, 0.3) is 0 Å². The summed E-state index contributed by atoms with van der Waals surface area (Å²) in [4.78, 5) is 26.6. The van der Waals surface area contributed by atoms with Crippen LogP contribution in [-0.4, -0.2) is 40.8 Å². The molecule has 1 aliphatic rings. The van der Waals surface area contributed by atoms with Crippen molar-refractivity contribution in [2.75, 3.05) is 6.61 Å². The number of aromatic nitrogens is 1. The smallest absolute Gasteiger partial charge is 0.355 e. The molecule has 3 atom stereocenters. The minimum absolute atomic E-state index is 0.00290. The molecule has 0 aromatic carbocycles. The lowest BCUT2D eigenvalue weighted by molar-refractivity contribution is 0.0691. The Morgan fingerprint density at radius 3 is 2.90 bits per heavy atom. The molecule has 0 aliphatic carbocycles. The van der Waals surface area contributed by atoms with Crippen LogP contribution in [0, 0.1) is 0 Å². The van der Waals surface area contributed by atoms with E-state index in [4.69, 9.17) is 9.84 Å². The highest BCUT2D eigenvalue weighted by Gasteiger charge is 2.26. The molecule has 0 saturated carbocycles. The first-order valence-corrected chi connectivity index (χ1v) is 7.22. The van der Waals surface area contributed by atoms with Gasteiger partial charge in [-0.2, -0.15) is 0 Å². The number of hydrogen-bond donors (Lipinski definition) is 3. The molecule has 110 valence electrons. The molecule has 0 spiro atoms. The lowest BCUT2D eigenvalue weighted by Crippen LogP contribution is -2.45. The molecule has 1 saturated heterocycles. The van der Waals surface area contributed by atoms with E-state index >= 15 is 0 Å². The minimum atomic E-state index is -1.07. The summed E-state index contributed by atoms with van der Waals surface area (Å²) in [6.07, 6.45) is 0.804. The molecule has 0 radical (unpaired) electrons. The summed E-state index contributed by atoms with van der Waals surface area (Å²) >= 11 is 1.21. The number of carboxylic acids is 1. The SMILES string of the molecule is CC(NC(=O)NC1CCOC1C)c1nc(C(=O)O)cs1. The van der Waals surface area contributed by atoms with Crippen molar-refractivity contribution < 1.29 is 19.4 Å². The van der Waals surface area contributed by atoms with Gasteiger partial charge in [-0.15, -0.1) is 11.3 Å². The van der Waals surface area contributed by atoms with E-state index in [2.05, 4.69) is 15.6 Å². The number of nitrogens with one attached hydrogen (secondary N) is 2. The maximum absolute atomic E-state index is 11.9. The number of aromatic carboxylic acids is 1. The van der Waals surface area contributed by atoms with Crippen LogP contribution in [0.3, 0.4) is 0 Å². The van der Waals surface area contributed by atoms with E-state index in [9.17, 15) is 9.59 Å². The first kappa shape index (κ1) is 14.7. The molecule has 3 unspecified atom stereocenters. The summed E-state index contributed by atoms with van der Waals surface area (Å²) in [5, 5.41) is 16.4. The van der Waals surface area contributed by atoms with E-state index in [-0.39, 0.29) is 29.9 Å². The number of rotatable bonds is 4. The molecule has 2 amide bonds. The van der Waals surface area contributed by atoms with Gasteiger partial charge in [-0.3, -0.25) is 0 Å². The van der Waals surface area contributed by atoms with Gasteiger partial charge in [0.05, 0.1) is 18.2 Å². The molecule has 7 nitrogen and oxygen atoms in total. The van der Waals surface area contributed by atoms with Crippen molar-refractivity contribution in [1.82, 2.24) is 15.6 Å². The molecule has 8 heteroatoms. The number of hydrogen-bond acceptors (Lipinski definition) is 5. The largest absolute Gasteiger partial charge is 0.476 e. The van der Waals surface area contributed by atoms with Gasteiger partial charge in [0.15, 0.2) is 5.69 Å². The zero-order valence-electron chi connectivity index (χ0n) is 11.3. The number of carbonyl (C=O) groups is 2. The molecule has 1 aromatic heterocycles. The van der Waals surface area contributed by atoms with E-state index in [0.29, 0.717) is 11.6 Å². The number of thiazole rings is 1. The van der Waals surface area contributed by atoms with E-state index < -0.39 is 5.97 Å². The molecule has 0 bridgehead atoms. The summed E-state index contributed by atoms with van der Waals surface area (Å²) in [6.45, 7) is 4.33. The van der Waals surface area contributed by atoms with Crippen molar-refractivity contribution in [3.05, 3.63) is 16.1 Å². The monoisotopic (exact) mass is 299 g/mol. The Kier molecular flexibility index (Phi) is 4.56. The highest BCUT2D eigenvalue weighted by Crippen LogP contribution is 2.18. The van der Waals surface area contributed by atoms with Crippen molar-refractivity contribution in [3.8, 4) is 0 Å². The number of ether oxygens (including phenoxy) is 1. The van der Waals surface area contributed by atoms with Crippen molar-refractivity contribution in [2.24, 2.45) is 0 Å². The summed E-state index contributed by atoms with van der Waals surface area (Å²) in [6, 6.07) is -0.634. The van der Waals surface area contributed by atoms with Crippen LogP contribution >= 0.6 is 11.3 Å². The molecule has 1 fully saturated rings. The third-order valence-electron chi connectivity index (χ3n) is 3.15. The Bertz CT molecular complexity index is 505. The van der Waals surface area contributed by atoms with Gasteiger partial charge < -0.3 is 20.5 Å². The maximum Gasteiger partial charge on any atom is 0.355 e. The van der Waals surface area contributed by atoms with E-state index in [0.717, 1.165) is 6.42 Å². The zero-order chi connectivity index (χ0) is 14.7. The lowest BCUT2D eigenvalue weighted by atomic mass is 10.2. The maximum atomic E-state index is 11.9. The topological polar surface area (TPSA) is 101 Å².